The van der Waals surface area contributed by atoms with Crippen molar-refractivity contribution >= 4 is 5.82 Å². The molecule has 2 aliphatic rings. The van der Waals surface area contributed by atoms with Crippen molar-refractivity contribution in [2.24, 2.45) is 0 Å². The second-order valence-corrected chi connectivity index (χ2v) is 6.26. The average Bonchev–Trinajstić information content (AvgIpc) is 3.10. The van der Waals surface area contributed by atoms with Crippen molar-refractivity contribution in [2.75, 3.05) is 24.5 Å². The molecular formula is C18H22N4. The Hall–Kier alpha value is -1.94. The summed E-state index contributed by atoms with van der Waals surface area (Å²) in [6.45, 7) is 5.24. The summed E-state index contributed by atoms with van der Waals surface area (Å²) in [4.78, 5) is 14.4. The van der Waals surface area contributed by atoms with Gasteiger partial charge in [0.05, 0.1) is 17.6 Å². The van der Waals surface area contributed by atoms with Gasteiger partial charge in [-0.3, -0.25) is 9.88 Å². The lowest BCUT2D eigenvalue weighted by molar-refractivity contribution is 0.239. The van der Waals surface area contributed by atoms with Crippen LogP contribution in [-0.2, 0) is 19.5 Å². The van der Waals surface area contributed by atoms with Crippen LogP contribution in [0.3, 0.4) is 0 Å². The van der Waals surface area contributed by atoms with E-state index in [2.05, 4.69) is 40.1 Å². The van der Waals surface area contributed by atoms with Crippen molar-refractivity contribution in [1.82, 2.24) is 14.9 Å². The lowest BCUT2D eigenvalue weighted by Gasteiger charge is -2.28. The summed E-state index contributed by atoms with van der Waals surface area (Å²) in [7, 11) is 0. The van der Waals surface area contributed by atoms with Crippen molar-refractivity contribution in [3.8, 4) is 0 Å². The van der Waals surface area contributed by atoms with E-state index in [1.54, 1.807) is 0 Å². The molecule has 0 aliphatic carbocycles. The number of anilines is 1. The molecule has 1 aromatic heterocycles. The minimum atomic E-state index is 0.914. The highest BCUT2D eigenvalue weighted by Gasteiger charge is 2.21. The van der Waals surface area contributed by atoms with E-state index in [1.807, 2.05) is 6.20 Å². The van der Waals surface area contributed by atoms with E-state index in [0.717, 1.165) is 50.7 Å². The average molecular weight is 294 g/mol. The number of benzene rings is 1. The highest BCUT2D eigenvalue weighted by Crippen LogP contribution is 2.22. The molecule has 0 unspecified atom stereocenters. The Morgan fingerprint density at radius 3 is 2.59 bits per heavy atom. The Morgan fingerprint density at radius 1 is 0.955 bits per heavy atom. The molecule has 2 aromatic rings. The highest BCUT2D eigenvalue weighted by atomic mass is 15.2. The monoisotopic (exact) mass is 294 g/mol. The summed E-state index contributed by atoms with van der Waals surface area (Å²) in [5.41, 5.74) is 3.73. The lowest BCUT2D eigenvalue weighted by atomic mass is 10.1. The van der Waals surface area contributed by atoms with Gasteiger partial charge < -0.3 is 4.90 Å². The minimum absolute atomic E-state index is 0.914. The first-order valence-corrected chi connectivity index (χ1v) is 8.24. The van der Waals surface area contributed by atoms with E-state index in [9.17, 15) is 0 Å². The van der Waals surface area contributed by atoms with Gasteiger partial charge in [-0.2, -0.15) is 0 Å². The molecule has 4 rings (SSSR count). The van der Waals surface area contributed by atoms with E-state index in [0.29, 0.717) is 0 Å². The SMILES string of the molecule is c1ccc(CN2CCc3nc(N4CCCC4)cnc3C2)cc1. The van der Waals surface area contributed by atoms with Crippen molar-refractivity contribution in [3.63, 3.8) is 0 Å². The highest BCUT2D eigenvalue weighted by molar-refractivity contribution is 5.39. The van der Waals surface area contributed by atoms with Crippen LogP contribution in [0.5, 0.6) is 0 Å². The number of fused-ring (bicyclic) bond motifs is 1. The van der Waals surface area contributed by atoms with Crippen LogP contribution in [0, 0.1) is 0 Å². The Morgan fingerprint density at radius 2 is 1.77 bits per heavy atom. The maximum absolute atomic E-state index is 4.87. The molecule has 0 saturated carbocycles. The number of nitrogens with zero attached hydrogens (tertiary/aromatic N) is 4. The van der Waals surface area contributed by atoms with Gasteiger partial charge in [0.25, 0.3) is 0 Å². The normalized spacial score (nSPS) is 18.5. The van der Waals surface area contributed by atoms with Gasteiger partial charge in [0.2, 0.25) is 0 Å². The number of rotatable bonds is 3. The molecule has 2 aliphatic heterocycles. The standard InChI is InChI=1S/C18H22N4/c1-2-6-15(7-3-1)13-21-11-8-16-17(14-21)19-12-18(20-16)22-9-4-5-10-22/h1-3,6-7,12H,4-5,8-11,13-14H2. The van der Waals surface area contributed by atoms with Crippen molar-refractivity contribution in [3.05, 3.63) is 53.5 Å². The van der Waals surface area contributed by atoms with Crippen molar-refractivity contribution in [1.29, 1.82) is 0 Å². The van der Waals surface area contributed by atoms with Crippen LogP contribution in [0.1, 0.15) is 29.8 Å². The molecule has 0 bridgehead atoms. The number of hydrogen-bond acceptors (Lipinski definition) is 4. The second kappa shape index (κ2) is 6.05. The first-order chi connectivity index (χ1) is 10.9. The fourth-order valence-corrected chi connectivity index (χ4v) is 3.40. The molecule has 4 nitrogen and oxygen atoms in total. The third-order valence-electron chi connectivity index (χ3n) is 4.64. The van der Waals surface area contributed by atoms with Gasteiger partial charge in [0, 0.05) is 39.1 Å². The maximum atomic E-state index is 4.87. The molecule has 1 fully saturated rings. The van der Waals surface area contributed by atoms with Crippen LogP contribution in [0.4, 0.5) is 5.82 Å². The van der Waals surface area contributed by atoms with Gasteiger partial charge in [-0.1, -0.05) is 30.3 Å². The van der Waals surface area contributed by atoms with E-state index in [4.69, 9.17) is 9.97 Å². The molecule has 1 saturated heterocycles. The van der Waals surface area contributed by atoms with Crippen LogP contribution in [0.2, 0.25) is 0 Å². The molecule has 0 N–H and O–H groups in total. The Balaban J connectivity index is 1.47. The van der Waals surface area contributed by atoms with Gasteiger partial charge in [-0.25, -0.2) is 4.98 Å². The van der Waals surface area contributed by atoms with Crippen molar-refractivity contribution in [2.45, 2.75) is 32.4 Å². The van der Waals surface area contributed by atoms with Gasteiger partial charge in [0.1, 0.15) is 5.82 Å². The first-order valence-electron chi connectivity index (χ1n) is 8.24. The predicted octanol–water partition coefficient (Wildman–Crippen LogP) is 2.64. The van der Waals surface area contributed by atoms with Crippen LogP contribution in [0.15, 0.2) is 36.5 Å². The number of aromatic nitrogens is 2. The Labute approximate surface area is 131 Å². The molecule has 0 radical (unpaired) electrons. The fraction of sp³-hybridized carbons (Fsp3) is 0.444. The largest absolute Gasteiger partial charge is 0.355 e. The molecule has 0 amide bonds. The number of hydrogen-bond donors (Lipinski definition) is 0. The van der Waals surface area contributed by atoms with E-state index in [-0.39, 0.29) is 0 Å². The minimum Gasteiger partial charge on any atom is -0.355 e. The molecule has 3 heterocycles. The quantitative estimate of drug-likeness (QED) is 0.871. The van der Waals surface area contributed by atoms with Gasteiger partial charge in [0.15, 0.2) is 0 Å². The van der Waals surface area contributed by atoms with E-state index in [1.165, 1.54) is 24.1 Å². The summed E-state index contributed by atoms with van der Waals surface area (Å²) in [6, 6.07) is 10.7. The van der Waals surface area contributed by atoms with Crippen LogP contribution in [0.25, 0.3) is 0 Å². The lowest BCUT2D eigenvalue weighted by Crippen LogP contribution is -2.32. The summed E-state index contributed by atoms with van der Waals surface area (Å²) >= 11 is 0. The Kier molecular flexibility index (Phi) is 3.77. The smallest absolute Gasteiger partial charge is 0.147 e. The Bertz CT molecular complexity index is 635. The van der Waals surface area contributed by atoms with Gasteiger partial charge in [-0.05, 0) is 18.4 Å². The topological polar surface area (TPSA) is 32.3 Å². The summed E-state index contributed by atoms with van der Waals surface area (Å²) in [5.74, 6) is 1.08. The zero-order valence-electron chi connectivity index (χ0n) is 12.9. The zero-order chi connectivity index (χ0) is 14.8. The van der Waals surface area contributed by atoms with E-state index < -0.39 is 0 Å². The third-order valence-corrected chi connectivity index (χ3v) is 4.64. The molecule has 22 heavy (non-hydrogen) atoms. The van der Waals surface area contributed by atoms with Crippen LogP contribution < -0.4 is 4.90 Å². The van der Waals surface area contributed by atoms with Crippen LogP contribution >= 0.6 is 0 Å². The molecule has 0 spiro atoms. The van der Waals surface area contributed by atoms with Crippen LogP contribution in [-0.4, -0.2) is 34.5 Å². The third kappa shape index (κ3) is 2.83. The fourth-order valence-electron chi connectivity index (χ4n) is 3.40. The summed E-state index contributed by atoms with van der Waals surface area (Å²) < 4.78 is 0. The second-order valence-electron chi connectivity index (χ2n) is 6.26. The molecule has 0 atom stereocenters. The molecule has 114 valence electrons. The predicted molar refractivity (Wildman–Crippen MR) is 87.7 cm³/mol. The summed E-state index contributed by atoms with van der Waals surface area (Å²) in [5, 5.41) is 0. The maximum Gasteiger partial charge on any atom is 0.147 e. The first kappa shape index (κ1) is 13.7. The zero-order valence-corrected chi connectivity index (χ0v) is 12.9. The molecular weight excluding hydrogens is 272 g/mol. The van der Waals surface area contributed by atoms with Gasteiger partial charge in [-0.15, -0.1) is 0 Å². The van der Waals surface area contributed by atoms with Crippen molar-refractivity contribution < 1.29 is 0 Å². The molecule has 4 heteroatoms. The van der Waals surface area contributed by atoms with Gasteiger partial charge >= 0.3 is 0 Å². The molecule has 1 aromatic carbocycles. The summed E-state index contributed by atoms with van der Waals surface area (Å²) in [6.07, 6.45) is 5.54. The van der Waals surface area contributed by atoms with E-state index >= 15 is 0 Å².